The summed E-state index contributed by atoms with van der Waals surface area (Å²) in [4.78, 5) is 3.39. The predicted octanol–water partition coefficient (Wildman–Crippen LogP) is 4.36. The van der Waals surface area contributed by atoms with E-state index in [1.807, 2.05) is 12.1 Å². The van der Waals surface area contributed by atoms with Gasteiger partial charge in [-0.1, -0.05) is 29.8 Å². The van der Waals surface area contributed by atoms with E-state index >= 15 is 0 Å². The number of nitrogens with one attached hydrogen (secondary N) is 1. The number of aromatic nitrogens is 1. The van der Waals surface area contributed by atoms with E-state index in [4.69, 9.17) is 4.74 Å². The lowest BCUT2D eigenvalue weighted by molar-refractivity contribution is 0.302. The smallest absolute Gasteiger partial charge is 0.128 e. The number of aromatic amines is 1. The topological polar surface area (TPSA) is 25.0 Å². The molecule has 3 aromatic rings. The molecule has 2 nitrogen and oxygen atoms in total. The maximum Gasteiger partial charge on any atom is 0.128 e. The van der Waals surface area contributed by atoms with Crippen LogP contribution in [0.4, 0.5) is 0 Å². The van der Waals surface area contributed by atoms with Crippen molar-refractivity contribution in [2.45, 2.75) is 20.5 Å². The molecule has 0 atom stereocenters. The van der Waals surface area contributed by atoms with E-state index < -0.39 is 0 Å². The Morgan fingerprint density at radius 1 is 1.00 bits per heavy atom. The molecule has 0 saturated carbocycles. The van der Waals surface area contributed by atoms with E-state index in [1.165, 1.54) is 22.0 Å². The summed E-state index contributed by atoms with van der Waals surface area (Å²) in [6, 6.07) is 16.6. The first-order valence-electron chi connectivity index (χ1n) is 6.49. The van der Waals surface area contributed by atoms with Gasteiger partial charge in [-0.25, -0.2) is 0 Å². The molecule has 0 radical (unpaired) electrons. The lowest BCUT2D eigenvalue weighted by Gasteiger charge is -2.04. The molecule has 0 amide bonds. The van der Waals surface area contributed by atoms with Crippen LogP contribution < -0.4 is 4.74 Å². The summed E-state index contributed by atoms with van der Waals surface area (Å²) in [6.07, 6.45) is 0. The minimum Gasteiger partial charge on any atom is -0.487 e. The number of hydrogen-bond acceptors (Lipinski definition) is 1. The lowest BCUT2D eigenvalue weighted by Crippen LogP contribution is -1.95. The normalized spacial score (nSPS) is 10.8. The Labute approximate surface area is 113 Å². The highest BCUT2D eigenvalue weighted by Gasteiger charge is 2.03. The second-order valence-corrected chi connectivity index (χ2v) is 4.93. The molecule has 3 rings (SSSR count). The first kappa shape index (κ1) is 11.8. The maximum atomic E-state index is 5.79. The molecular formula is C17H17NO. The van der Waals surface area contributed by atoms with Gasteiger partial charge in [0.25, 0.3) is 0 Å². The molecule has 0 unspecified atom stereocenters. The molecule has 0 aliphatic carbocycles. The van der Waals surface area contributed by atoms with E-state index in [0.717, 1.165) is 11.4 Å². The summed E-state index contributed by atoms with van der Waals surface area (Å²) in [7, 11) is 0. The SMILES string of the molecule is Cc1ccc(OCc2cc3c(C)cccc3[nH]2)cc1. The fourth-order valence-corrected chi connectivity index (χ4v) is 2.24. The van der Waals surface area contributed by atoms with Crippen molar-refractivity contribution < 1.29 is 4.74 Å². The van der Waals surface area contributed by atoms with Crippen LogP contribution in [-0.4, -0.2) is 4.98 Å². The van der Waals surface area contributed by atoms with Crippen molar-refractivity contribution in [3.05, 3.63) is 65.4 Å². The highest BCUT2D eigenvalue weighted by Crippen LogP contribution is 2.20. The number of hydrogen-bond donors (Lipinski definition) is 1. The number of aryl methyl sites for hydroxylation is 2. The molecule has 0 bridgehead atoms. The van der Waals surface area contributed by atoms with Gasteiger partial charge in [0, 0.05) is 10.9 Å². The molecule has 1 aromatic heterocycles. The number of H-pyrrole nitrogens is 1. The average molecular weight is 251 g/mol. The van der Waals surface area contributed by atoms with Crippen LogP contribution in [0.25, 0.3) is 10.9 Å². The van der Waals surface area contributed by atoms with Gasteiger partial charge >= 0.3 is 0 Å². The van der Waals surface area contributed by atoms with E-state index in [2.05, 4.69) is 55.2 Å². The Bertz CT molecular complexity index is 695. The van der Waals surface area contributed by atoms with Gasteiger partial charge in [0.05, 0.1) is 5.69 Å². The molecule has 0 saturated heterocycles. The largest absolute Gasteiger partial charge is 0.487 e. The quantitative estimate of drug-likeness (QED) is 0.735. The van der Waals surface area contributed by atoms with Crippen molar-refractivity contribution in [3.8, 4) is 5.75 Å². The molecule has 0 fully saturated rings. The average Bonchev–Trinajstić information content (AvgIpc) is 2.83. The molecular weight excluding hydrogens is 234 g/mol. The van der Waals surface area contributed by atoms with Crippen molar-refractivity contribution in [1.29, 1.82) is 0 Å². The predicted molar refractivity (Wildman–Crippen MR) is 78.5 cm³/mol. The molecule has 0 aliphatic rings. The van der Waals surface area contributed by atoms with Crippen molar-refractivity contribution in [3.63, 3.8) is 0 Å². The minimum atomic E-state index is 0.567. The van der Waals surface area contributed by atoms with Crippen molar-refractivity contribution >= 4 is 10.9 Å². The van der Waals surface area contributed by atoms with Gasteiger partial charge < -0.3 is 9.72 Å². The Balaban J connectivity index is 1.78. The second-order valence-electron chi connectivity index (χ2n) is 4.93. The fourth-order valence-electron chi connectivity index (χ4n) is 2.24. The van der Waals surface area contributed by atoms with Crippen LogP contribution >= 0.6 is 0 Å². The van der Waals surface area contributed by atoms with Crippen LogP contribution in [0.2, 0.25) is 0 Å². The first-order chi connectivity index (χ1) is 9.22. The van der Waals surface area contributed by atoms with Crippen molar-refractivity contribution in [2.75, 3.05) is 0 Å². The van der Waals surface area contributed by atoms with E-state index in [9.17, 15) is 0 Å². The lowest BCUT2D eigenvalue weighted by atomic mass is 10.1. The van der Waals surface area contributed by atoms with Crippen molar-refractivity contribution in [1.82, 2.24) is 4.98 Å². The van der Waals surface area contributed by atoms with Crippen LogP contribution in [0.3, 0.4) is 0 Å². The standard InChI is InChI=1S/C17H17NO/c1-12-6-8-15(9-7-12)19-11-14-10-16-13(2)4-3-5-17(16)18-14/h3-10,18H,11H2,1-2H3. The molecule has 0 aliphatic heterocycles. The van der Waals surface area contributed by atoms with E-state index in [1.54, 1.807) is 0 Å². The highest BCUT2D eigenvalue weighted by molar-refractivity contribution is 5.83. The Morgan fingerprint density at radius 3 is 2.53 bits per heavy atom. The molecule has 1 heterocycles. The van der Waals surface area contributed by atoms with Gasteiger partial charge in [-0.05, 0) is 43.7 Å². The Morgan fingerprint density at radius 2 is 1.79 bits per heavy atom. The molecule has 2 heteroatoms. The molecule has 2 aromatic carbocycles. The highest BCUT2D eigenvalue weighted by atomic mass is 16.5. The summed E-state index contributed by atoms with van der Waals surface area (Å²) in [5.41, 5.74) is 4.80. The van der Waals surface area contributed by atoms with Gasteiger partial charge in [0.15, 0.2) is 0 Å². The third kappa shape index (κ3) is 2.48. The molecule has 0 spiro atoms. The zero-order chi connectivity index (χ0) is 13.2. The van der Waals surface area contributed by atoms with E-state index in [-0.39, 0.29) is 0 Å². The fraction of sp³-hybridized carbons (Fsp3) is 0.176. The summed E-state index contributed by atoms with van der Waals surface area (Å²) in [5.74, 6) is 0.904. The van der Waals surface area contributed by atoms with Gasteiger partial charge in [-0.15, -0.1) is 0 Å². The summed E-state index contributed by atoms with van der Waals surface area (Å²) in [5, 5.41) is 1.27. The monoisotopic (exact) mass is 251 g/mol. The zero-order valence-electron chi connectivity index (χ0n) is 11.2. The zero-order valence-corrected chi connectivity index (χ0v) is 11.2. The van der Waals surface area contributed by atoms with Gasteiger partial charge in [0.1, 0.15) is 12.4 Å². The minimum absolute atomic E-state index is 0.567. The van der Waals surface area contributed by atoms with Crippen LogP contribution in [0.15, 0.2) is 48.5 Å². The van der Waals surface area contributed by atoms with Gasteiger partial charge in [0.2, 0.25) is 0 Å². The van der Waals surface area contributed by atoms with Crippen LogP contribution in [0.1, 0.15) is 16.8 Å². The molecule has 19 heavy (non-hydrogen) atoms. The number of rotatable bonds is 3. The third-order valence-corrected chi connectivity index (χ3v) is 3.35. The van der Waals surface area contributed by atoms with Crippen molar-refractivity contribution in [2.24, 2.45) is 0 Å². The molecule has 96 valence electrons. The summed E-state index contributed by atoms with van der Waals surface area (Å²) < 4.78 is 5.79. The van der Waals surface area contributed by atoms with Crippen LogP contribution in [0, 0.1) is 13.8 Å². The summed E-state index contributed by atoms with van der Waals surface area (Å²) in [6.45, 7) is 4.77. The third-order valence-electron chi connectivity index (χ3n) is 3.35. The Hall–Kier alpha value is -2.22. The first-order valence-corrected chi connectivity index (χ1v) is 6.49. The molecule has 1 N–H and O–H groups in total. The number of benzene rings is 2. The van der Waals surface area contributed by atoms with Gasteiger partial charge in [-0.2, -0.15) is 0 Å². The number of fused-ring (bicyclic) bond motifs is 1. The second kappa shape index (κ2) is 4.81. The van der Waals surface area contributed by atoms with Gasteiger partial charge in [-0.3, -0.25) is 0 Å². The Kier molecular flexibility index (Phi) is 3.00. The number of ether oxygens (including phenoxy) is 1. The summed E-state index contributed by atoms with van der Waals surface area (Å²) >= 11 is 0. The van der Waals surface area contributed by atoms with E-state index in [0.29, 0.717) is 6.61 Å². The van der Waals surface area contributed by atoms with Crippen LogP contribution in [-0.2, 0) is 6.61 Å². The maximum absolute atomic E-state index is 5.79. The van der Waals surface area contributed by atoms with Crippen LogP contribution in [0.5, 0.6) is 5.75 Å².